The Morgan fingerprint density at radius 3 is 2.17 bits per heavy atom. The van der Waals surface area contributed by atoms with E-state index in [-0.39, 0.29) is 5.11 Å². The molecule has 0 aliphatic carbocycles. The van der Waals surface area contributed by atoms with Gasteiger partial charge in [0.25, 0.3) is 5.91 Å². The lowest BCUT2D eigenvalue weighted by Gasteiger charge is -2.27. The molecule has 10 heteroatoms. The van der Waals surface area contributed by atoms with Crippen LogP contribution in [0.15, 0.2) is 54.6 Å². The zero-order chi connectivity index (χ0) is 21.4. The van der Waals surface area contributed by atoms with Crippen molar-refractivity contribution >= 4 is 69.7 Å². The molecule has 0 saturated heterocycles. The average molecular weight is 475 g/mol. The molecule has 29 heavy (non-hydrogen) atoms. The number of nitrogens with one attached hydrogen (secondary N) is 3. The smallest absolute Gasteiger partial charge is 0.338 e. The molecule has 0 aliphatic heterocycles. The number of esters is 1. The van der Waals surface area contributed by atoms with Crippen LogP contribution >= 0.6 is 47.0 Å². The number of ether oxygens (including phenoxy) is 1. The summed E-state index contributed by atoms with van der Waals surface area (Å²) in [5.41, 5.74) is 1.40. The van der Waals surface area contributed by atoms with Crippen LogP contribution < -0.4 is 16.0 Å². The molecule has 0 unspecified atom stereocenters. The predicted octanol–water partition coefficient (Wildman–Crippen LogP) is 4.28. The van der Waals surface area contributed by atoms with E-state index in [1.807, 2.05) is 0 Å². The van der Waals surface area contributed by atoms with E-state index in [2.05, 4.69) is 16.0 Å². The summed E-state index contributed by atoms with van der Waals surface area (Å²) in [6.07, 6.45) is -1.10. The van der Waals surface area contributed by atoms with Gasteiger partial charge in [-0.1, -0.05) is 53.0 Å². The van der Waals surface area contributed by atoms with E-state index in [1.54, 1.807) is 61.5 Å². The highest BCUT2D eigenvalue weighted by Crippen LogP contribution is 2.29. The van der Waals surface area contributed by atoms with Crippen molar-refractivity contribution in [2.24, 2.45) is 0 Å². The van der Waals surface area contributed by atoms with Gasteiger partial charge in [-0.25, -0.2) is 4.79 Å². The molecule has 0 saturated carbocycles. The van der Waals surface area contributed by atoms with Gasteiger partial charge >= 0.3 is 5.97 Å². The highest BCUT2D eigenvalue weighted by Gasteiger charge is 2.34. The Morgan fingerprint density at radius 2 is 1.62 bits per heavy atom. The number of amides is 1. The summed E-state index contributed by atoms with van der Waals surface area (Å²) in [5, 5.41) is 8.36. The van der Waals surface area contributed by atoms with Gasteiger partial charge in [-0.15, -0.1) is 0 Å². The van der Waals surface area contributed by atoms with Gasteiger partial charge in [0.1, 0.15) is 6.17 Å². The fraction of sp³-hybridized carbons (Fsp3) is 0.211. The molecule has 2 aromatic carbocycles. The van der Waals surface area contributed by atoms with E-state index in [0.29, 0.717) is 23.4 Å². The first-order valence-corrected chi connectivity index (χ1v) is 10.0. The highest BCUT2D eigenvalue weighted by atomic mass is 35.6. The summed E-state index contributed by atoms with van der Waals surface area (Å²) < 4.78 is 3.06. The average Bonchev–Trinajstić information content (AvgIpc) is 2.68. The van der Waals surface area contributed by atoms with Crippen molar-refractivity contribution in [1.29, 1.82) is 0 Å². The number of carbonyl (C=O) groups is 2. The summed E-state index contributed by atoms with van der Waals surface area (Å²) in [6.45, 7) is 2.02. The zero-order valence-electron chi connectivity index (χ0n) is 15.2. The second kappa shape index (κ2) is 10.6. The van der Waals surface area contributed by atoms with E-state index in [1.165, 1.54) is 0 Å². The molecule has 0 heterocycles. The molecule has 0 aliphatic rings. The van der Waals surface area contributed by atoms with Crippen molar-refractivity contribution < 1.29 is 14.3 Å². The lowest BCUT2D eigenvalue weighted by atomic mass is 10.2. The first kappa shape index (κ1) is 23.2. The molecule has 2 aromatic rings. The number of alkyl halides is 3. The van der Waals surface area contributed by atoms with Crippen LogP contribution in [0, 0.1) is 0 Å². The molecular formula is C19H18Cl3N3O3S. The van der Waals surface area contributed by atoms with Crippen LogP contribution in [0.25, 0.3) is 0 Å². The topological polar surface area (TPSA) is 79.5 Å². The molecule has 1 atom stereocenters. The van der Waals surface area contributed by atoms with Crippen LogP contribution in [0.4, 0.5) is 5.69 Å². The SMILES string of the molecule is CCOC(=O)c1ccc(NC(=S)N[C@H](NC(=O)c2ccccc2)C(Cl)(Cl)Cl)cc1. The molecule has 0 fully saturated rings. The molecule has 6 nitrogen and oxygen atoms in total. The normalized spacial score (nSPS) is 11.9. The van der Waals surface area contributed by atoms with Crippen LogP contribution in [0.1, 0.15) is 27.6 Å². The number of hydrogen-bond donors (Lipinski definition) is 3. The number of benzene rings is 2. The molecule has 0 radical (unpaired) electrons. The summed E-state index contributed by atoms with van der Waals surface area (Å²) in [5.74, 6) is -0.851. The first-order chi connectivity index (χ1) is 13.7. The second-order valence-electron chi connectivity index (χ2n) is 5.71. The number of rotatable bonds is 6. The maximum atomic E-state index is 12.4. The first-order valence-electron chi connectivity index (χ1n) is 8.48. The highest BCUT2D eigenvalue weighted by molar-refractivity contribution is 7.80. The molecule has 2 rings (SSSR count). The van der Waals surface area contributed by atoms with Crippen molar-refractivity contribution in [2.45, 2.75) is 16.9 Å². The Kier molecular flexibility index (Phi) is 8.52. The molecular weight excluding hydrogens is 457 g/mol. The minimum Gasteiger partial charge on any atom is -0.462 e. The van der Waals surface area contributed by atoms with Crippen molar-refractivity contribution in [3.05, 3.63) is 65.7 Å². The Labute approximate surface area is 188 Å². The fourth-order valence-corrected chi connectivity index (χ4v) is 2.77. The van der Waals surface area contributed by atoms with Gasteiger partial charge in [0, 0.05) is 11.3 Å². The lowest BCUT2D eigenvalue weighted by molar-refractivity contribution is 0.0526. The Hall–Kier alpha value is -2.06. The van der Waals surface area contributed by atoms with Gasteiger partial charge in [0.05, 0.1) is 12.2 Å². The summed E-state index contributed by atoms with van der Waals surface area (Å²) in [6, 6.07) is 15.0. The monoisotopic (exact) mass is 473 g/mol. The lowest BCUT2D eigenvalue weighted by Crippen LogP contribution is -2.56. The van der Waals surface area contributed by atoms with Crippen LogP contribution in [0.2, 0.25) is 0 Å². The van der Waals surface area contributed by atoms with Crippen LogP contribution in [0.3, 0.4) is 0 Å². The van der Waals surface area contributed by atoms with E-state index in [9.17, 15) is 9.59 Å². The summed E-state index contributed by atoms with van der Waals surface area (Å²) in [4.78, 5) is 24.1. The van der Waals surface area contributed by atoms with Crippen molar-refractivity contribution in [3.63, 3.8) is 0 Å². The Morgan fingerprint density at radius 1 is 1.00 bits per heavy atom. The van der Waals surface area contributed by atoms with E-state index in [4.69, 9.17) is 51.8 Å². The zero-order valence-corrected chi connectivity index (χ0v) is 18.3. The van der Waals surface area contributed by atoms with Crippen molar-refractivity contribution in [2.75, 3.05) is 11.9 Å². The third kappa shape index (κ3) is 7.36. The van der Waals surface area contributed by atoms with Crippen LogP contribution in [0.5, 0.6) is 0 Å². The molecule has 154 valence electrons. The predicted molar refractivity (Wildman–Crippen MR) is 120 cm³/mol. The van der Waals surface area contributed by atoms with Crippen LogP contribution in [-0.2, 0) is 4.74 Å². The number of halogens is 3. The summed E-state index contributed by atoms with van der Waals surface area (Å²) >= 11 is 23.2. The van der Waals surface area contributed by atoms with Gasteiger partial charge in [-0.3, -0.25) is 4.79 Å². The van der Waals surface area contributed by atoms with Gasteiger partial charge in [-0.2, -0.15) is 0 Å². The Bertz CT molecular complexity index is 858. The van der Waals surface area contributed by atoms with Gasteiger partial charge < -0.3 is 20.7 Å². The quantitative estimate of drug-likeness (QED) is 0.251. The maximum Gasteiger partial charge on any atom is 0.338 e. The number of hydrogen-bond acceptors (Lipinski definition) is 4. The molecule has 3 N–H and O–H groups in total. The van der Waals surface area contributed by atoms with Crippen molar-refractivity contribution in [1.82, 2.24) is 10.6 Å². The summed E-state index contributed by atoms with van der Waals surface area (Å²) in [7, 11) is 0. The molecule has 0 aromatic heterocycles. The molecule has 0 spiro atoms. The van der Waals surface area contributed by atoms with Gasteiger partial charge in [-0.05, 0) is 55.5 Å². The minimum atomic E-state index is -1.87. The largest absolute Gasteiger partial charge is 0.462 e. The van der Waals surface area contributed by atoms with E-state index >= 15 is 0 Å². The maximum absolute atomic E-state index is 12.4. The molecule has 0 bridgehead atoms. The molecule has 1 amide bonds. The van der Waals surface area contributed by atoms with E-state index in [0.717, 1.165) is 0 Å². The number of anilines is 1. The van der Waals surface area contributed by atoms with E-state index < -0.39 is 21.8 Å². The second-order valence-corrected chi connectivity index (χ2v) is 8.49. The number of thiocarbonyl (C=S) groups is 1. The van der Waals surface area contributed by atoms with Gasteiger partial charge in [0.15, 0.2) is 5.11 Å². The van der Waals surface area contributed by atoms with Crippen molar-refractivity contribution in [3.8, 4) is 0 Å². The fourth-order valence-electron chi connectivity index (χ4n) is 2.21. The third-order valence-electron chi connectivity index (χ3n) is 3.57. The Balaban J connectivity index is 2.01. The standard InChI is InChI=1S/C19H18Cl3N3O3S/c1-2-28-16(27)13-8-10-14(11-9-13)23-18(29)25-17(19(20,21)22)24-15(26)12-6-4-3-5-7-12/h3-11,17H,2H2,1H3,(H,24,26)(H2,23,25,29)/t17-/m0/s1. The third-order valence-corrected chi connectivity index (χ3v) is 4.44. The van der Waals surface area contributed by atoms with Crippen LogP contribution in [-0.4, -0.2) is 33.6 Å². The van der Waals surface area contributed by atoms with Gasteiger partial charge in [0.2, 0.25) is 3.79 Å². The minimum absolute atomic E-state index is 0.110. The number of carbonyl (C=O) groups excluding carboxylic acids is 2.